The van der Waals surface area contributed by atoms with Crippen molar-refractivity contribution in [1.82, 2.24) is 0 Å². The van der Waals surface area contributed by atoms with Crippen LogP contribution in [0.15, 0.2) is 60.7 Å². The van der Waals surface area contributed by atoms with Gasteiger partial charge < -0.3 is 4.74 Å². The van der Waals surface area contributed by atoms with Gasteiger partial charge in [-0.05, 0) is 72.9 Å². The van der Waals surface area contributed by atoms with Gasteiger partial charge >= 0.3 is 0 Å². The standard InChI is InChI=1S/C26H23FO2S.C2H6/c1-15(2)18-9-11-20(12-10-18)29-25-21-7-5-6-8-22(21)30-26(25)24(28)23-16(3)13-19(27)14-17(23)4;1-2/h5-15H,1-4H3;1-2H3. The molecule has 0 aliphatic rings. The fourth-order valence-corrected chi connectivity index (χ4v) is 4.77. The number of halogens is 1. The maximum Gasteiger partial charge on any atom is 0.207 e. The van der Waals surface area contributed by atoms with E-state index in [0.717, 1.165) is 10.1 Å². The zero-order valence-corrected chi connectivity index (χ0v) is 20.3. The highest BCUT2D eigenvalue weighted by Crippen LogP contribution is 2.42. The van der Waals surface area contributed by atoms with Crippen LogP contribution in [0, 0.1) is 19.7 Å². The number of ketones is 1. The van der Waals surface area contributed by atoms with Gasteiger partial charge in [0.2, 0.25) is 5.78 Å². The van der Waals surface area contributed by atoms with E-state index in [2.05, 4.69) is 13.8 Å². The van der Waals surface area contributed by atoms with Gasteiger partial charge in [-0.25, -0.2) is 4.39 Å². The number of ether oxygens (including phenoxy) is 1. The third-order valence-electron chi connectivity index (χ3n) is 5.25. The lowest BCUT2D eigenvalue weighted by atomic mass is 9.97. The first-order valence-corrected chi connectivity index (χ1v) is 11.8. The van der Waals surface area contributed by atoms with Gasteiger partial charge in [-0.1, -0.05) is 52.0 Å². The van der Waals surface area contributed by atoms with E-state index in [1.54, 1.807) is 13.8 Å². The van der Waals surface area contributed by atoms with E-state index in [1.807, 2.05) is 62.4 Å². The van der Waals surface area contributed by atoms with Crippen LogP contribution in [-0.4, -0.2) is 5.78 Å². The lowest BCUT2D eigenvalue weighted by Crippen LogP contribution is -2.06. The van der Waals surface area contributed by atoms with Crippen molar-refractivity contribution in [2.75, 3.05) is 0 Å². The van der Waals surface area contributed by atoms with Gasteiger partial charge in [0, 0.05) is 15.6 Å². The topological polar surface area (TPSA) is 26.3 Å². The summed E-state index contributed by atoms with van der Waals surface area (Å²) in [7, 11) is 0. The molecule has 0 aliphatic heterocycles. The molecule has 0 fully saturated rings. The van der Waals surface area contributed by atoms with Gasteiger partial charge in [0.25, 0.3) is 0 Å². The van der Waals surface area contributed by atoms with E-state index in [1.165, 1.54) is 29.0 Å². The number of hydrogen-bond acceptors (Lipinski definition) is 3. The first kappa shape index (κ1) is 23.7. The minimum atomic E-state index is -0.334. The molecule has 0 atom stereocenters. The smallest absolute Gasteiger partial charge is 0.207 e. The molecule has 0 unspecified atom stereocenters. The number of aryl methyl sites for hydroxylation is 2. The summed E-state index contributed by atoms with van der Waals surface area (Å²) in [5.74, 6) is 1.20. The zero-order valence-electron chi connectivity index (χ0n) is 19.5. The van der Waals surface area contributed by atoms with Crippen LogP contribution >= 0.6 is 11.3 Å². The zero-order chi connectivity index (χ0) is 23.4. The van der Waals surface area contributed by atoms with Crippen LogP contribution in [0.1, 0.15) is 65.5 Å². The second kappa shape index (κ2) is 10.1. The molecule has 0 bridgehead atoms. The van der Waals surface area contributed by atoms with Crippen LogP contribution in [0.2, 0.25) is 0 Å². The van der Waals surface area contributed by atoms with E-state index < -0.39 is 0 Å². The predicted octanol–water partition coefficient (Wildman–Crippen LogP) is 8.83. The maximum absolute atomic E-state index is 13.8. The Labute approximate surface area is 193 Å². The minimum absolute atomic E-state index is 0.139. The van der Waals surface area contributed by atoms with Gasteiger partial charge in [0.05, 0.1) is 0 Å². The highest BCUT2D eigenvalue weighted by atomic mass is 32.1. The Balaban J connectivity index is 0.00000141. The molecule has 4 aromatic rings. The predicted molar refractivity (Wildman–Crippen MR) is 133 cm³/mol. The summed E-state index contributed by atoms with van der Waals surface area (Å²) in [5.41, 5.74) is 3.01. The summed E-state index contributed by atoms with van der Waals surface area (Å²) in [6.45, 7) is 11.8. The monoisotopic (exact) mass is 448 g/mol. The average molecular weight is 449 g/mol. The number of carbonyl (C=O) groups is 1. The van der Waals surface area contributed by atoms with E-state index in [9.17, 15) is 9.18 Å². The molecule has 1 heterocycles. The van der Waals surface area contributed by atoms with Crippen molar-refractivity contribution < 1.29 is 13.9 Å². The van der Waals surface area contributed by atoms with Crippen LogP contribution in [-0.2, 0) is 0 Å². The largest absolute Gasteiger partial charge is 0.455 e. The Morgan fingerprint density at radius 2 is 1.53 bits per heavy atom. The number of carbonyl (C=O) groups excluding carboxylic acids is 1. The second-order valence-electron chi connectivity index (χ2n) is 7.83. The highest BCUT2D eigenvalue weighted by molar-refractivity contribution is 7.21. The number of rotatable bonds is 5. The number of thiophene rings is 1. The summed E-state index contributed by atoms with van der Waals surface area (Å²) in [6, 6.07) is 18.6. The van der Waals surface area contributed by atoms with Gasteiger partial charge in [0.1, 0.15) is 16.4 Å². The van der Waals surface area contributed by atoms with Crippen LogP contribution in [0.5, 0.6) is 11.5 Å². The molecule has 3 aromatic carbocycles. The quantitative estimate of drug-likeness (QED) is 0.285. The van der Waals surface area contributed by atoms with E-state index in [4.69, 9.17) is 4.74 Å². The third kappa shape index (κ3) is 4.76. The highest BCUT2D eigenvalue weighted by Gasteiger charge is 2.24. The Hall–Kier alpha value is -2.98. The van der Waals surface area contributed by atoms with E-state index in [-0.39, 0.29) is 11.6 Å². The fraction of sp³-hybridized carbons (Fsp3) is 0.250. The Morgan fingerprint density at radius 1 is 0.938 bits per heavy atom. The molecular weight excluding hydrogens is 419 g/mol. The Bertz CT molecular complexity index is 1210. The van der Waals surface area contributed by atoms with Crippen molar-refractivity contribution in [3.63, 3.8) is 0 Å². The van der Waals surface area contributed by atoms with Crippen molar-refractivity contribution in [1.29, 1.82) is 0 Å². The number of fused-ring (bicyclic) bond motifs is 1. The molecule has 0 aliphatic carbocycles. The lowest BCUT2D eigenvalue weighted by molar-refractivity contribution is 0.103. The van der Waals surface area contributed by atoms with Crippen molar-refractivity contribution >= 4 is 27.2 Å². The molecule has 1 aromatic heterocycles. The number of hydrogen-bond donors (Lipinski definition) is 0. The van der Waals surface area contributed by atoms with Crippen molar-refractivity contribution in [2.45, 2.75) is 47.5 Å². The van der Waals surface area contributed by atoms with Crippen LogP contribution < -0.4 is 4.74 Å². The lowest BCUT2D eigenvalue weighted by Gasteiger charge is -2.12. The summed E-state index contributed by atoms with van der Waals surface area (Å²) in [6.07, 6.45) is 0. The summed E-state index contributed by atoms with van der Waals surface area (Å²) >= 11 is 1.41. The molecule has 166 valence electrons. The summed E-state index contributed by atoms with van der Waals surface area (Å²) in [4.78, 5) is 14.1. The first-order valence-electron chi connectivity index (χ1n) is 11.0. The normalized spacial score (nSPS) is 10.8. The van der Waals surface area contributed by atoms with Crippen molar-refractivity contribution in [3.8, 4) is 11.5 Å². The molecule has 2 nitrogen and oxygen atoms in total. The third-order valence-corrected chi connectivity index (χ3v) is 6.40. The molecule has 0 amide bonds. The second-order valence-corrected chi connectivity index (χ2v) is 8.88. The van der Waals surface area contributed by atoms with Crippen LogP contribution in [0.3, 0.4) is 0 Å². The van der Waals surface area contributed by atoms with Crippen molar-refractivity contribution in [3.05, 3.63) is 93.6 Å². The Kier molecular flexibility index (Phi) is 7.47. The molecular formula is C28H29FO2S. The van der Waals surface area contributed by atoms with Crippen molar-refractivity contribution in [2.24, 2.45) is 0 Å². The van der Waals surface area contributed by atoms with Crippen LogP contribution in [0.4, 0.5) is 4.39 Å². The molecule has 0 N–H and O–H groups in total. The van der Waals surface area contributed by atoms with Gasteiger partial charge in [-0.3, -0.25) is 4.79 Å². The van der Waals surface area contributed by atoms with E-state index >= 15 is 0 Å². The SMILES string of the molecule is CC.Cc1cc(F)cc(C)c1C(=O)c1sc2ccccc2c1Oc1ccc(C(C)C)cc1. The van der Waals surface area contributed by atoms with Gasteiger partial charge in [0.15, 0.2) is 5.75 Å². The van der Waals surface area contributed by atoms with Crippen LogP contribution in [0.25, 0.3) is 10.1 Å². The van der Waals surface area contributed by atoms with Gasteiger partial charge in [-0.2, -0.15) is 0 Å². The minimum Gasteiger partial charge on any atom is -0.455 e. The maximum atomic E-state index is 13.8. The molecule has 4 rings (SSSR count). The molecule has 0 saturated carbocycles. The first-order chi connectivity index (χ1) is 15.3. The molecule has 0 spiro atoms. The molecule has 0 saturated heterocycles. The average Bonchev–Trinajstić information content (AvgIpc) is 3.13. The number of benzene rings is 3. The summed E-state index contributed by atoms with van der Waals surface area (Å²) in [5, 5.41) is 0.899. The summed E-state index contributed by atoms with van der Waals surface area (Å²) < 4.78 is 21.0. The van der Waals surface area contributed by atoms with Gasteiger partial charge in [-0.15, -0.1) is 11.3 Å². The van der Waals surface area contributed by atoms with E-state index in [0.29, 0.717) is 39.0 Å². The molecule has 0 radical (unpaired) electrons. The molecule has 4 heteroatoms. The molecule has 32 heavy (non-hydrogen) atoms. The Morgan fingerprint density at radius 3 is 2.12 bits per heavy atom. The fourth-order valence-electron chi connectivity index (χ4n) is 3.69.